The minimum Gasteiger partial charge on any atom is -0.497 e. The van der Waals surface area contributed by atoms with E-state index in [4.69, 9.17) is 4.74 Å². The molecule has 0 aliphatic rings. The first-order valence-corrected chi connectivity index (χ1v) is 9.99. The van der Waals surface area contributed by atoms with Crippen LogP contribution in [0.3, 0.4) is 0 Å². The van der Waals surface area contributed by atoms with Crippen LogP contribution in [0.25, 0.3) is 16.3 Å². The highest BCUT2D eigenvalue weighted by atomic mass is 32.1. The third-order valence-corrected chi connectivity index (χ3v) is 5.80. The Balaban J connectivity index is 1.77. The van der Waals surface area contributed by atoms with Crippen LogP contribution in [-0.4, -0.2) is 18.0 Å². The van der Waals surface area contributed by atoms with Crippen LogP contribution in [0.15, 0.2) is 72.1 Å². The van der Waals surface area contributed by atoms with Crippen molar-refractivity contribution >= 4 is 55.7 Å². The summed E-state index contributed by atoms with van der Waals surface area (Å²) >= 11 is 3.07. The molecule has 0 unspecified atom stereocenters. The van der Waals surface area contributed by atoms with Crippen LogP contribution in [0.2, 0.25) is 0 Å². The number of fused-ring (bicyclic) bond motifs is 1. The number of anilines is 2. The number of rotatable bonds is 5. The van der Waals surface area contributed by atoms with E-state index >= 15 is 0 Å². The molecule has 134 valence electrons. The number of nitrogens with zero attached hydrogens (tertiary/aromatic N) is 2. The lowest BCUT2D eigenvalue weighted by Gasteiger charge is -2.18. The fraction of sp³-hybridized carbons (Fsp3) is 0.0476. The molecule has 0 bridgehead atoms. The SMILES string of the molecule is COc1cccc(N(C(=O)C=Cc2cccs2)c2nc3ccccc3s2)c1. The number of hydrogen-bond donors (Lipinski definition) is 0. The molecular weight excluding hydrogens is 376 g/mol. The van der Waals surface area contributed by atoms with E-state index in [2.05, 4.69) is 4.98 Å². The molecule has 0 aliphatic heterocycles. The Morgan fingerprint density at radius 1 is 1.11 bits per heavy atom. The van der Waals surface area contributed by atoms with E-state index in [0.717, 1.165) is 15.1 Å². The van der Waals surface area contributed by atoms with Crippen LogP contribution < -0.4 is 9.64 Å². The number of amides is 1. The van der Waals surface area contributed by atoms with Gasteiger partial charge in [0.05, 0.1) is 23.0 Å². The van der Waals surface area contributed by atoms with Crippen LogP contribution in [0.4, 0.5) is 10.8 Å². The fourth-order valence-corrected chi connectivity index (χ4v) is 4.26. The van der Waals surface area contributed by atoms with Gasteiger partial charge in [-0.2, -0.15) is 0 Å². The van der Waals surface area contributed by atoms with Crippen molar-refractivity contribution in [3.8, 4) is 5.75 Å². The van der Waals surface area contributed by atoms with Gasteiger partial charge in [-0.3, -0.25) is 9.69 Å². The summed E-state index contributed by atoms with van der Waals surface area (Å²) in [6, 6.07) is 19.2. The summed E-state index contributed by atoms with van der Waals surface area (Å²) in [7, 11) is 1.61. The number of carbonyl (C=O) groups excluding carboxylic acids is 1. The first-order chi connectivity index (χ1) is 13.2. The fourth-order valence-electron chi connectivity index (χ4n) is 2.65. The second-order valence-electron chi connectivity index (χ2n) is 5.69. The van der Waals surface area contributed by atoms with Gasteiger partial charge in [0, 0.05) is 17.0 Å². The average Bonchev–Trinajstić information content (AvgIpc) is 3.36. The van der Waals surface area contributed by atoms with Crippen molar-refractivity contribution < 1.29 is 9.53 Å². The number of thiophene rings is 1. The first-order valence-electron chi connectivity index (χ1n) is 8.30. The zero-order valence-corrected chi connectivity index (χ0v) is 16.2. The Morgan fingerprint density at radius 2 is 2.00 bits per heavy atom. The molecule has 4 nitrogen and oxygen atoms in total. The van der Waals surface area contributed by atoms with E-state index < -0.39 is 0 Å². The predicted octanol–water partition coefficient (Wildman–Crippen LogP) is 5.74. The van der Waals surface area contributed by atoms with Gasteiger partial charge in [0.15, 0.2) is 5.13 Å². The summed E-state index contributed by atoms with van der Waals surface area (Å²) in [6.07, 6.45) is 3.41. The van der Waals surface area contributed by atoms with Crippen LogP contribution in [0.1, 0.15) is 4.88 Å². The van der Waals surface area contributed by atoms with Gasteiger partial charge in [-0.25, -0.2) is 4.98 Å². The lowest BCUT2D eigenvalue weighted by molar-refractivity contribution is -0.113. The largest absolute Gasteiger partial charge is 0.497 e. The molecule has 0 fully saturated rings. The number of ether oxygens (including phenoxy) is 1. The van der Waals surface area contributed by atoms with Gasteiger partial charge < -0.3 is 4.74 Å². The summed E-state index contributed by atoms with van der Waals surface area (Å²) < 4.78 is 6.36. The van der Waals surface area contributed by atoms with E-state index in [-0.39, 0.29) is 5.91 Å². The topological polar surface area (TPSA) is 42.4 Å². The summed E-state index contributed by atoms with van der Waals surface area (Å²) in [5.41, 5.74) is 1.59. The van der Waals surface area contributed by atoms with Gasteiger partial charge >= 0.3 is 0 Å². The lowest BCUT2D eigenvalue weighted by atomic mass is 10.2. The smallest absolute Gasteiger partial charge is 0.257 e. The molecule has 0 radical (unpaired) electrons. The summed E-state index contributed by atoms with van der Waals surface area (Å²) in [6.45, 7) is 0. The quantitative estimate of drug-likeness (QED) is 0.407. The number of methoxy groups -OCH3 is 1. The highest BCUT2D eigenvalue weighted by Gasteiger charge is 2.20. The van der Waals surface area contributed by atoms with Gasteiger partial charge in [-0.1, -0.05) is 35.6 Å². The van der Waals surface area contributed by atoms with Gasteiger partial charge in [0.2, 0.25) is 0 Å². The second kappa shape index (κ2) is 7.73. The van der Waals surface area contributed by atoms with Crippen molar-refractivity contribution in [2.75, 3.05) is 12.0 Å². The Bertz CT molecular complexity index is 1070. The van der Waals surface area contributed by atoms with Crippen molar-refractivity contribution in [2.24, 2.45) is 0 Å². The van der Waals surface area contributed by atoms with Crippen molar-refractivity contribution in [3.05, 3.63) is 77.0 Å². The molecule has 2 aromatic carbocycles. The number of aromatic nitrogens is 1. The number of carbonyl (C=O) groups is 1. The van der Waals surface area contributed by atoms with Crippen molar-refractivity contribution in [2.45, 2.75) is 0 Å². The molecule has 2 aromatic heterocycles. The summed E-state index contributed by atoms with van der Waals surface area (Å²) in [5.74, 6) is 0.532. The number of thiazole rings is 1. The standard InChI is InChI=1S/C21H16N2O2S2/c1-25-16-7-4-6-15(14-16)23(20(24)12-11-17-8-5-13-26-17)21-22-18-9-2-3-10-19(18)27-21/h2-14H,1H3. The van der Waals surface area contributed by atoms with Gasteiger partial charge in [0.25, 0.3) is 5.91 Å². The molecule has 0 atom stereocenters. The third kappa shape index (κ3) is 3.77. The Hall–Kier alpha value is -2.96. The molecule has 27 heavy (non-hydrogen) atoms. The molecule has 2 heterocycles. The van der Waals surface area contributed by atoms with Gasteiger partial charge in [-0.05, 0) is 41.8 Å². The normalized spacial score (nSPS) is 11.1. The van der Waals surface area contributed by atoms with Crippen LogP contribution in [0.5, 0.6) is 5.75 Å². The lowest BCUT2D eigenvalue weighted by Crippen LogP contribution is -2.23. The van der Waals surface area contributed by atoms with Crippen molar-refractivity contribution in [1.82, 2.24) is 4.98 Å². The highest BCUT2D eigenvalue weighted by molar-refractivity contribution is 7.22. The number of benzene rings is 2. The van der Waals surface area contributed by atoms with Gasteiger partial charge in [0.1, 0.15) is 5.75 Å². The number of hydrogen-bond acceptors (Lipinski definition) is 5. The van der Waals surface area contributed by atoms with E-state index in [0.29, 0.717) is 16.6 Å². The maximum absolute atomic E-state index is 13.1. The van der Waals surface area contributed by atoms with Gasteiger partial charge in [-0.15, -0.1) is 11.3 Å². The van der Waals surface area contributed by atoms with E-state index in [1.54, 1.807) is 29.4 Å². The van der Waals surface area contributed by atoms with Crippen molar-refractivity contribution in [1.29, 1.82) is 0 Å². The molecule has 4 aromatic rings. The molecule has 0 saturated carbocycles. The maximum atomic E-state index is 13.1. The van der Waals surface area contributed by atoms with Crippen LogP contribution in [-0.2, 0) is 4.79 Å². The molecule has 4 rings (SSSR count). The molecule has 6 heteroatoms. The van der Waals surface area contributed by atoms with Crippen molar-refractivity contribution in [3.63, 3.8) is 0 Å². The monoisotopic (exact) mass is 392 g/mol. The number of para-hydroxylation sites is 1. The molecule has 1 amide bonds. The minimum absolute atomic E-state index is 0.157. The van der Waals surface area contributed by atoms with Crippen LogP contribution >= 0.6 is 22.7 Å². The maximum Gasteiger partial charge on any atom is 0.257 e. The van der Waals surface area contributed by atoms with E-state index in [1.807, 2.05) is 72.1 Å². The predicted molar refractivity (Wildman–Crippen MR) is 113 cm³/mol. The van der Waals surface area contributed by atoms with Crippen LogP contribution in [0, 0.1) is 0 Å². The molecule has 0 N–H and O–H groups in total. The van der Waals surface area contributed by atoms with E-state index in [9.17, 15) is 4.79 Å². The molecular formula is C21H16N2O2S2. The zero-order chi connectivity index (χ0) is 18.6. The minimum atomic E-state index is -0.157. The average molecular weight is 393 g/mol. The zero-order valence-electron chi connectivity index (χ0n) is 14.5. The summed E-state index contributed by atoms with van der Waals surface area (Å²) in [5, 5.41) is 2.61. The molecule has 0 saturated heterocycles. The third-order valence-electron chi connectivity index (χ3n) is 3.94. The Morgan fingerprint density at radius 3 is 2.78 bits per heavy atom. The highest BCUT2D eigenvalue weighted by Crippen LogP contribution is 2.35. The second-order valence-corrected chi connectivity index (χ2v) is 7.68. The Labute approximate surface area is 165 Å². The Kier molecular flexibility index (Phi) is 5.00. The first kappa shape index (κ1) is 17.5. The molecule has 0 spiro atoms. The van der Waals surface area contributed by atoms with E-state index in [1.165, 1.54) is 11.3 Å². The molecule has 0 aliphatic carbocycles. The summed E-state index contributed by atoms with van der Waals surface area (Å²) in [4.78, 5) is 20.4.